The molecule has 0 amide bonds. The van der Waals surface area contributed by atoms with Crippen molar-refractivity contribution in [3.05, 3.63) is 86.2 Å². The molecule has 3 aromatic heterocycles. The molecule has 0 unspecified atom stereocenters. The van der Waals surface area contributed by atoms with Crippen molar-refractivity contribution >= 4 is 34.2 Å². The molecule has 1 aliphatic heterocycles. The lowest BCUT2D eigenvalue weighted by Crippen LogP contribution is -2.32. The van der Waals surface area contributed by atoms with Crippen LogP contribution in [0.4, 0.5) is 0 Å². The average Bonchev–Trinajstić information content (AvgIpc) is 2.76. The number of fused-ring (bicyclic) bond motifs is 2. The number of nitrogens with zero attached hydrogens (tertiary/aromatic N) is 4. The Morgan fingerprint density at radius 3 is 2.83 bits per heavy atom. The van der Waals surface area contributed by atoms with Crippen LogP contribution in [0, 0.1) is 0 Å². The lowest BCUT2D eigenvalue weighted by atomic mass is 10.1. The summed E-state index contributed by atoms with van der Waals surface area (Å²) >= 11 is 12.2. The van der Waals surface area contributed by atoms with E-state index in [2.05, 4.69) is 14.9 Å². The third-order valence-corrected chi connectivity index (χ3v) is 5.71. The second-order valence-corrected chi connectivity index (χ2v) is 8.06. The normalized spacial score (nSPS) is 14.1. The topological polar surface area (TPSA) is 72.1 Å². The molecule has 0 N–H and O–H groups in total. The smallest absolute Gasteiger partial charge is 0.197 e. The summed E-state index contributed by atoms with van der Waals surface area (Å²) in [5.74, 6) is 0.702. The van der Waals surface area contributed by atoms with E-state index in [4.69, 9.17) is 32.6 Å². The van der Waals surface area contributed by atoms with E-state index < -0.39 is 0 Å². The van der Waals surface area contributed by atoms with Crippen LogP contribution in [-0.4, -0.2) is 26.4 Å². The molecule has 0 radical (unpaired) electrons. The van der Waals surface area contributed by atoms with Gasteiger partial charge >= 0.3 is 0 Å². The van der Waals surface area contributed by atoms with Crippen molar-refractivity contribution in [3.63, 3.8) is 0 Å². The first kappa shape index (κ1) is 19.2. The first-order valence-electron chi connectivity index (χ1n) is 9.45. The maximum atomic E-state index is 12.9. The van der Waals surface area contributed by atoms with Gasteiger partial charge in [-0.05, 0) is 24.3 Å². The summed E-state index contributed by atoms with van der Waals surface area (Å²) in [6, 6.07) is 6.96. The standard InChI is InChI=1S/C22H16Cl2N4O2/c23-16-7-17-20(29)15(12-30-21(17)18(24)8-16)11-28-6-3-19-14(10-28)9-26-22(27-19)13-1-4-25-5-2-13/h1-2,4-5,7-9,12H,3,6,10-11H2. The monoisotopic (exact) mass is 438 g/mol. The van der Waals surface area contributed by atoms with Crippen LogP contribution < -0.4 is 5.43 Å². The Hall–Kier alpha value is -2.80. The molecule has 0 aliphatic carbocycles. The first-order valence-corrected chi connectivity index (χ1v) is 10.2. The molecule has 0 saturated heterocycles. The van der Waals surface area contributed by atoms with E-state index in [0.29, 0.717) is 45.5 Å². The van der Waals surface area contributed by atoms with E-state index in [-0.39, 0.29) is 5.43 Å². The minimum absolute atomic E-state index is 0.115. The lowest BCUT2D eigenvalue weighted by molar-refractivity contribution is 0.240. The summed E-state index contributed by atoms with van der Waals surface area (Å²) in [4.78, 5) is 28.4. The van der Waals surface area contributed by atoms with Crippen LogP contribution in [0.2, 0.25) is 10.0 Å². The molecule has 0 atom stereocenters. The van der Waals surface area contributed by atoms with Crippen molar-refractivity contribution in [2.24, 2.45) is 0 Å². The van der Waals surface area contributed by atoms with E-state index in [9.17, 15) is 4.79 Å². The summed E-state index contributed by atoms with van der Waals surface area (Å²) in [6.45, 7) is 1.92. The van der Waals surface area contributed by atoms with Crippen molar-refractivity contribution in [2.75, 3.05) is 6.54 Å². The summed E-state index contributed by atoms with van der Waals surface area (Å²) in [5.41, 5.74) is 3.86. The van der Waals surface area contributed by atoms with Gasteiger partial charge in [-0.15, -0.1) is 0 Å². The summed E-state index contributed by atoms with van der Waals surface area (Å²) in [6.07, 6.45) is 7.60. The third kappa shape index (κ3) is 3.58. The Morgan fingerprint density at radius 2 is 2.00 bits per heavy atom. The van der Waals surface area contributed by atoms with E-state index >= 15 is 0 Å². The first-order chi connectivity index (χ1) is 14.6. The third-order valence-electron chi connectivity index (χ3n) is 5.21. The van der Waals surface area contributed by atoms with Gasteiger partial charge in [0.2, 0.25) is 0 Å². The number of aromatic nitrogens is 3. The molecule has 150 valence electrons. The highest BCUT2D eigenvalue weighted by molar-refractivity contribution is 6.38. The number of hydrogen-bond donors (Lipinski definition) is 0. The van der Waals surface area contributed by atoms with Crippen molar-refractivity contribution in [1.29, 1.82) is 0 Å². The van der Waals surface area contributed by atoms with Crippen molar-refractivity contribution in [2.45, 2.75) is 19.5 Å². The van der Waals surface area contributed by atoms with Gasteiger partial charge in [0.15, 0.2) is 16.8 Å². The van der Waals surface area contributed by atoms with Crippen molar-refractivity contribution < 1.29 is 4.42 Å². The quantitative estimate of drug-likeness (QED) is 0.468. The van der Waals surface area contributed by atoms with E-state index in [1.807, 2.05) is 18.3 Å². The zero-order chi connectivity index (χ0) is 20.7. The molecule has 0 saturated carbocycles. The molecule has 4 heterocycles. The number of pyridine rings is 1. The van der Waals surface area contributed by atoms with Crippen LogP contribution in [0.15, 0.2) is 58.3 Å². The van der Waals surface area contributed by atoms with Crippen LogP contribution in [0.3, 0.4) is 0 Å². The largest absolute Gasteiger partial charge is 0.462 e. The fourth-order valence-corrected chi connectivity index (χ4v) is 4.24. The van der Waals surface area contributed by atoms with E-state index in [1.165, 1.54) is 6.26 Å². The molecule has 4 aromatic rings. The van der Waals surface area contributed by atoms with Gasteiger partial charge in [-0.1, -0.05) is 23.2 Å². The highest BCUT2D eigenvalue weighted by Crippen LogP contribution is 2.27. The van der Waals surface area contributed by atoms with E-state index in [1.54, 1.807) is 24.5 Å². The Kier molecular flexibility index (Phi) is 4.98. The Labute approximate surface area is 182 Å². The maximum Gasteiger partial charge on any atom is 0.197 e. The predicted octanol–water partition coefficient (Wildman–Crippen LogP) is 4.51. The second-order valence-electron chi connectivity index (χ2n) is 7.22. The van der Waals surface area contributed by atoms with Gasteiger partial charge in [0.1, 0.15) is 0 Å². The summed E-state index contributed by atoms with van der Waals surface area (Å²) in [7, 11) is 0. The summed E-state index contributed by atoms with van der Waals surface area (Å²) in [5, 5.41) is 1.13. The summed E-state index contributed by atoms with van der Waals surface area (Å²) < 4.78 is 5.64. The molecule has 0 fully saturated rings. The molecule has 1 aliphatic rings. The molecule has 6 nitrogen and oxygen atoms in total. The van der Waals surface area contributed by atoms with Crippen LogP contribution in [-0.2, 0) is 19.5 Å². The zero-order valence-corrected chi connectivity index (χ0v) is 17.3. The fraction of sp³-hybridized carbons (Fsp3) is 0.182. The molecule has 0 spiro atoms. The van der Waals surface area contributed by atoms with Gasteiger partial charge in [-0.2, -0.15) is 0 Å². The van der Waals surface area contributed by atoms with Gasteiger partial charge in [-0.25, -0.2) is 9.97 Å². The van der Waals surface area contributed by atoms with Gasteiger partial charge < -0.3 is 4.42 Å². The fourth-order valence-electron chi connectivity index (χ4n) is 3.70. The highest BCUT2D eigenvalue weighted by Gasteiger charge is 2.21. The van der Waals surface area contributed by atoms with Crippen molar-refractivity contribution in [1.82, 2.24) is 19.9 Å². The molecular formula is C22H16Cl2N4O2. The average molecular weight is 439 g/mol. The predicted molar refractivity (Wildman–Crippen MR) is 116 cm³/mol. The number of halogens is 2. The van der Waals surface area contributed by atoms with Gasteiger partial charge in [0.25, 0.3) is 0 Å². The molecule has 5 rings (SSSR count). The molecule has 1 aromatic carbocycles. The highest BCUT2D eigenvalue weighted by atomic mass is 35.5. The zero-order valence-electron chi connectivity index (χ0n) is 15.8. The number of benzene rings is 1. The van der Waals surface area contributed by atoms with Crippen molar-refractivity contribution in [3.8, 4) is 11.4 Å². The molecule has 8 heteroatoms. The van der Waals surface area contributed by atoms with Crippen LogP contribution in [0.1, 0.15) is 16.8 Å². The molecular weight excluding hydrogens is 423 g/mol. The Balaban J connectivity index is 1.39. The van der Waals surface area contributed by atoms with Crippen LogP contribution >= 0.6 is 23.2 Å². The number of rotatable bonds is 3. The molecule has 0 bridgehead atoms. The lowest BCUT2D eigenvalue weighted by Gasteiger charge is -2.27. The van der Waals surface area contributed by atoms with Gasteiger partial charge in [0.05, 0.1) is 22.4 Å². The van der Waals surface area contributed by atoms with Gasteiger partial charge in [0, 0.05) is 66.4 Å². The van der Waals surface area contributed by atoms with Crippen LogP contribution in [0.5, 0.6) is 0 Å². The second kappa shape index (κ2) is 7.80. The SMILES string of the molecule is O=c1c(CN2CCc3nc(-c4ccncc4)ncc3C2)coc2c(Cl)cc(Cl)cc12. The maximum absolute atomic E-state index is 12.9. The molecule has 30 heavy (non-hydrogen) atoms. The van der Waals surface area contributed by atoms with Gasteiger partial charge in [-0.3, -0.25) is 14.7 Å². The van der Waals surface area contributed by atoms with E-state index in [0.717, 1.165) is 29.8 Å². The van der Waals surface area contributed by atoms with Crippen LogP contribution in [0.25, 0.3) is 22.4 Å². The Morgan fingerprint density at radius 1 is 1.17 bits per heavy atom. The Bertz CT molecular complexity index is 1310. The minimum atomic E-state index is -0.115. The number of hydrogen-bond acceptors (Lipinski definition) is 6. The minimum Gasteiger partial charge on any atom is -0.462 e.